The van der Waals surface area contributed by atoms with Gasteiger partial charge in [-0.1, -0.05) is 48.6 Å². The van der Waals surface area contributed by atoms with Crippen molar-refractivity contribution in [3.8, 4) is 11.1 Å². The lowest BCUT2D eigenvalue weighted by Gasteiger charge is -2.18. The highest BCUT2D eigenvalue weighted by Crippen LogP contribution is 2.38. The first-order valence-electron chi connectivity index (χ1n) is 8.75. The molecule has 4 aromatic rings. The van der Waals surface area contributed by atoms with Crippen LogP contribution in [-0.2, 0) is 6.42 Å². The van der Waals surface area contributed by atoms with Gasteiger partial charge < -0.3 is 0 Å². The minimum absolute atomic E-state index is 0.243. The standard InChI is InChI=1S/C24H20FN/c1-15(2)11-21-16(3)12-17-7-4-5-9-20(17)23(21)22-14-19(25)13-18-8-6-10-26-24(18)22/h4-10,12-14H,1,11H2,2-3H3. The summed E-state index contributed by atoms with van der Waals surface area (Å²) in [5, 5.41) is 3.08. The molecule has 0 bridgehead atoms. The van der Waals surface area contributed by atoms with Crippen LogP contribution in [0.2, 0.25) is 0 Å². The van der Waals surface area contributed by atoms with Gasteiger partial charge >= 0.3 is 0 Å². The van der Waals surface area contributed by atoms with Crippen molar-refractivity contribution in [1.82, 2.24) is 4.98 Å². The van der Waals surface area contributed by atoms with Crippen LogP contribution in [0, 0.1) is 12.7 Å². The molecular weight excluding hydrogens is 321 g/mol. The van der Waals surface area contributed by atoms with E-state index >= 15 is 0 Å². The average Bonchev–Trinajstić information content (AvgIpc) is 2.61. The lowest BCUT2D eigenvalue weighted by atomic mass is 9.86. The smallest absolute Gasteiger partial charge is 0.124 e. The number of fused-ring (bicyclic) bond motifs is 2. The maximum atomic E-state index is 14.4. The summed E-state index contributed by atoms with van der Waals surface area (Å²) in [4.78, 5) is 4.57. The van der Waals surface area contributed by atoms with E-state index in [-0.39, 0.29) is 5.82 Å². The van der Waals surface area contributed by atoms with Crippen LogP contribution >= 0.6 is 0 Å². The van der Waals surface area contributed by atoms with Crippen molar-refractivity contribution in [1.29, 1.82) is 0 Å². The molecule has 0 aliphatic heterocycles. The van der Waals surface area contributed by atoms with Crippen LogP contribution in [0.4, 0.5) is 4.39 Å². The Bertz CT molecular complexity index is 1160. The molecule has 0 saturated carbocycles. The zero-order valence-electron chi connectivity index (χ0n) is 15.0. The molecule has 0 atom stereocenters. The SMILES string of the molecule is C=C(C)Cc1c(C)cc2ccccc2c1-c1cc(F)cc2cccnc12. The number of benzene rings is 3. The number of rotatable bonds is 3. The van der Waals surface area contributed by atoms with Crippen LogP contribution in [0.1, 0.15) is 18.1 Å². The Morgan fingerprint density at radius 2 is 1.81 bits per heavy atom. The van der Waals surface area contributed by atoms with Gasteiger partial charge in [0.25, 0.3) is 0 Å². The van der Waals surface area contributed by atoms with Gasteiger partial charge in [-0.3, -0.25) is 4.98 Å². The van der Waals surface area contributed by atoms with Gasteiger partial charge in [0.1, 0.15) is 5.82 Å². The van der Waals surface area contributed by atoms with E-state index in [0.717, 1.165) is 44.8 Å². The number of hydrogen-bond donors (Lipinski definition) is 0. The highest BCUT2D eigenvalue weighted by molar-refractivity contribution is 6.05. The Hall–Kier alpha value is -3.00. The highest BCUT2D eigenvalue weighted by Gasteiger charge is 2.17. The number of nitrogens with zero attached hydrogens (tertiary/aromatic N) is 1. The lowest BCUT2D eigenvalue weighted by Crippen LogP contribution is -1.98. The van der Waals surface area contributed by atoms with E-state index in [9.17, 15) is 4.39 Å². The molecular formula is C24H20FN. The lowest BCUT2D eigenvalue weighted by molar-refractivity contribution is 0.630. The molecule has 1 heterocycles. The van der Waals surface area contributed by atoms with Crippen molar-refractivity contribution in [2.24, 2.45) is 0 Å². The summed E-state index contributed by atoms with van der Waals surface area (Å²) in [5.41, 5.74) is 6.19. The zero-order valence-corrected chi connectivity index (χ0v) is 15.0. The third-order valence-electron chi connectivity index (χ3n) is 4.80. The quantitative estimate of drug-likeness (QED) is 0.382. The molecule has 128 valence electrons. The average molecular weight is 341 g/mol. The molecule has 0 amide bonds. The number of pyridine rings is 1. The Kier molecular flexibility index (Phi) is 4.04. The van der Waals surface area contributed by atoms with Crippen molar-refractivity contribution in [2.45, 2.75) is 20.3 Å². The summed E-state index contributed by atoms with van der Waals surface area (Å²) in [7, 11) is 0. The summed E-state index contributed by atoms with van der Waals surface area (Å²) in [6.07, 6.45) is 2.52. The van der Waals surface area contributed by atoms with Gasteiger partial charge in [-0.25, -0.2) is 4.39 Å². The molecule has 1 aromatic heterocycles. The maximum Gasteiger partial charge on any atom is 0.124 e. The summed E-state index contributed by atoms with van der Waals surface area (Å²) in [6, 6.07) is 17.4. The number of hydrogen-bond acceptors (Lipinski definition) is 1. The molecule has 26 heavy (non-hydrogen) atoms. The molecule has 2 heteroatoms. The Labute approximate surface area is 152 Å². The topological polar surface area (TPSA) is 12.9 Å². The summed E-state index contributed by atoms with van der Waals surface area (Å²) in [6.45, 7) is 8.24. The minimum atomic E-state index is -0.243. The molecule has 4 rings (SSSR count). The second kappa shape index (κ2) is 6.38. The molecule has 0 saturated heterocycles. The summed E-state index contributed by atoms with van der Waals surface area (Å²) >= 11 is 0. The Morgan fingerprint density at radius 3 is 2.62 bits per heavy atom. The van der Waals surface area contributed by atoms with E-state index < -0.39 is 0 Å². The van der Waals surface area contributed by atoms with Crippen molar-refractivity contribution >= 4 is 21.7 Å². The molecule has 0 fully saturated rings. The molecule has 0 radical (unpaired) electrons. The van der Waals surface area contributed by atoms with E-state index in [0.29, 0.717) is 0 Å². The van der Waals surface area contributed by atoms with E-state index in [1.165, 1.54) is 11.1 Å². The number of allylic oxidation sites excluding steroid dienone is 1. The van der Waals surface area contributed by atoms with Crippen LogP contribution in [0.25, 0.3) is 32.8 Å². The van der Waals surface area contributed by atoms with Gasteiger partial charge in [-0.2, -0.15) is 0 Å². The van der Waals surface area contributed by atoms with E-state index in [2.05, 4.69) is 36.7 Å². The predicted octanol–water partition coefficient (Wildman–Crippen LogP) is 6.62. The fraction of sp³-hybridized carbons (Fsp3) is 0.125. The molecule has 0 aliphatic rings. The second-order valence-corrected chi connectivity index (χ2v) is 6.93. The van der Waals surface area contributed by atoms with Gasteiger partial charge in [-0.05, 0) is 65.9 Å². The van der Waals surface area contributed by atoms with Crippen molar-refractivity contribution in [3.05, 3.63) is 89.9 Å². The van der Waals surface area contributed by atoms with Crippen LogP contribution < -0.4 is 0 Å². The number of halogens is 1. The molecule has 0 N–H and O–H groups in total. The van der Waals surface area contributed by atoms with E-state index in [4.69, 9.17) is 0 Å². The predicted molar refractivity (Wildman–Crippen MR) is 108 cm³/mol. The first-order chi connectivity index (χ1) is 12.5. The highest BCUT2D eigenvalue weighted by atomic mass is 19.1. The molecule has 0 aliphatic carbocycles. The van der Waals surface area contributed by atoms with E-state index in [1.54, 1.807) is 18.3 Å². The van der Waals surface area contributed by atoms with Gasteiger partial charge in [-0.15, -0.1) is 0 Å². The minimum Gasteiger partial charge on any atom is -0.256 e. The van der Waals surface area contributed by atoms with Gasteiger partial charge in [0, 0.05) is 17.1 Å². The third-order valence-corrected chi connectivity index (χ3v) is 4.80. The Balaban J connectivity index is 2.19. The van der Waals surface area contributed by atoms with Gasteiger partial charge in [0.05, 0.1) is 5.52 Å². The maximum absolute atomic E-state index is 14.4. The second-order valence-electron chi connectivity index (χ2n) is 6.93. The van der Waals surface area contributed by atoms with Gasteiger partial charge in [0.2, 0.25) is 0 Å². The third kappa shape index (κ3) is 2.78. The molecule has 0 unspecified atom stereocenters. The normalized spacial score (nSPS) is 11.2. The number of aryl methyl sites for hydroxylation is 1. The number of aromatic nitrogens is 1. The zero-order chi connectivity index (χ0) is 18.3. The summed E-state index contributed by atoms with van der Waals surface area (Å²) in [5.74, 6) is -0.243. The first-order valence-corrected chi connectivity index (χ1v) is 8.75. The molecule has 3 aromatic carbocycles. The van der Waals surface area contributed by atoms with Crippen molar-refractivity contribution in [3.63, 3.8) is 0 Å². The monoisotopic (exact) mass is 341 g/mol. The fourth-order valence-electron chi connectivity index (χ4n) is 3.71. The molecule has 0 spiro atoms. The summed E-state index contributed by atoms with van der Waals surface area (Å²) < 4.78 is 14.4. The van der Waals surface area contributed by atoms with E-state index in [1.807, 2.05) is 31.2 Å². The van der Waals surface area contributed by atoms with Crippen LogP contribution in [0.3, 0.4) is 0 Å². The van der Waals surface area contributed by atoms with Crippen LogP contribution in [0.15, 0.2) is 72.9 Å². The van der Waals surface area contributed by atoms with Crippen LogP contribution in [0.5, 0.6) is 0 Å². The van der Waals surface area contributed by atoms with Crippen LogP contribution in [-0.4, -0.2) is 4.98 Å². The fourth-order valence-corrected chi connectivity index (χ4v) is 3.71. The molecule has 1 nitrogen and oxygen atoms in total. The Morgan fingerprint density at radius 1 is 1.04 bits per heavy atom. The van der Waals surface area contributed by atoms with Gasteiger partial charge in [0.15, 0.2) is 0 Å². The largest absolute Gasteiger partial charge is 0.256 e. The van der Waals surface area contributed by atoms with Crippen molar-refractivity contribution in [2.75, 3.05) is 0 Å². The first kappa shape index (κ1) is 16.5. The van der Waals surface area contributed by atoms with Crippen molar-refractivity contribution < 1.29 is 4.39 Å².